The van der Waals surface area contributed by atoms with Gasteiger partial charge in [0, 0.05) is 24.6 Å². The predicted octanol–water partition coefficient (Wildman–Crippen LogP) is 4.09. The highest BCUT2D eigenvalue weighted by atomic mass is 16.5. The lowest BCUT2D eigenvalue weighted by molar-refractivity contribution is 0.228. The number of hydrogen-bond acceptors (Lipinski definition) is 6. The molecule has 6 nitrogen and oxygen atoms in total. The van der Waals surface area contributed by atoms with Crippen LogP contribution >= 0.6 is 0 Å². The molecular formula is C22H25N3O3. The van der Waals surface area contributed by atoms with Crippen LogP contribution < -0.4 is 14.8 Å². The normalized spacial score (nSPS) is 11.7. The van der Waals surface area contributed by atoms with Gasteiger partial charge >= 0.3 is 0 Å². The largest absolute Gasteiger partial charge is 0.493 e. The first-order valence-corrected chi connectivity index (χ1v) is 9.27. The molecule has 1 unspecified atom stereocenters. The average molecular weight is 379 g/mol. The Kier molecular flexibility index (Phi) is 6.81. The lowest BCUT2D eigenvalue weighted by Gasteiger charge is -2.15. The van der Waals surface area contributed by atoms with Crippen LogP contribution in [0.2, 0.25) is 0 Å². The highest BCUT2D eigenvalue weighted by molar-refractivity contribution is 5.64. The van der Waals surface area contributed by atoms with Crippen molar-refractivity contribution in [3.63, 3.8) is 0 Å². The van der Waals surface area contributed by atoms with E-state index in [9.17, 15) is 0 Å². The second kappa shape index (κ2) is 9.71. The zero-order valence-corrected chi connectivity index (χ0v) is 16.1. The number of aliphatic hydroxyl groups excluding tert-OH is 1. The summed E-state index contributed by atoms with van der Waals surface area (Å²) in [4.78, 5) is 9.01. The first kappa shape index (κ1) is 19.6. The van der Waals surface area contributed by atoms with Crippen LogP contribution in [-0.4, -0.2) is 35.4 Å². The molecule has 0 saturated heterocycles. The number of benzene rings is 2. The van der Waals surface area contributed by atoms with Crippen molar-refractivity contribution in [1.82, 2.24) is 9.97 Å². The number of rotatable bonds is 9. The van der Waals surface area contributed by atoms with E-state index in [-0.39, 0.29) is 12.6 Å². The third-order valence-corrected chi connectivity index (χ3v) is 4.32. The van der Waals surface area contributed by atoms with Gasteiger partial charge in [0.15, 0.2) is 11.5 Å². The Labute approximate surface area is 165 Å². The molecule has 1 heterocycles. The molecule has 0 amide bonds. The lowest BCUT2D eigenvalue weighted by atomic mass is 10.1. The van der Waals surface area contributed by atoms with E-state index < -0.39 is 0 Å². The third kappa shape index (κ3) is 4.98. The summed E-state index contributed by atoms with van der Waals surface area (Å²) in [7, 11) is 1.60. The van der Waals surface area contributed by atoms with E-state index >= 15 is 0 Å². The summed E-state index contributed by atoms with van der Waals surface area (Å²) in [6, 6.07) is 16.0. The average Bonchev–Trinajstić information content (AvgIpc) is 2.75. The van der Waals surface area contributed by atoms with Crippen molar-refractivity contribution in [3.05, 3.63) is 66.5 Å². The SMILES string of the molecule is COc1cc(-c2cncc(NC(C)c3ccccc3)n2)ccc1OCCCO. The minimum atomic E-state index is 0.0944. The lowest BCUT2D eigenvalue weighted by Crippen LogP contribution is -2.08. The summed E-state index contributed by atoms with van der Waals surface area (Å²) in [6.45, 7) is 2.62. The number of nitrogens with zero attached hydrogens (tertiary/aromatic N) is 2. The van der Waals surface area contributed by atoms with Gasteiger partial charge in [-0.3, -0.25) is 4.98 Å². The van der Waals surface area contributed by atoms with Gasteiger partial charge in [0.2, 0.25) is 0 Å². The smallest absolute Gasteiger partial charge is 0.161 e. The minimum Gasteiger partial charge on any atom is -0.493 e. The summed E-state index contributed by atoms with van der Waals surface area (Å²) in [5.41, 5.74) is 2.81. The van der Waals surface area contributed by atoms with Gasteiger partial charge < -0.3 is 19.9 Å². The van der Waals surface area contributed by atoms with Gasteiger partial charge in [0.1, 0.15) is 5.82 Å². The number of hydrogen-bond donors (Lipinski definition) is 2. The van der Waals surface area contributed by atoms with Crippen LogP contribution in [0.15, 0.2) is 60.9 Å². The number of anilines is 1. The molecule has 0 radical (unpaired) electrons. The van der Waals surface area contributed by atoms with Gasteiger partial charge in [-0.05, 0) is 30.7 Å². The molecule has 0 bridgehead atoms. The fourth-order valence-corrected chi connectivity index (χ4v) is 2.81. The summed E-state index contributed by atoms with van der Waals surface area (Å²) in [5.74, 6) is 1.96. The number of aliphatic hydroxyl groups is 1. The predicted molar refractivity (Wildman–Crippen MR) is 110 cm³/mol. The highest BCUT2D eigenvalue weighted by Gasteiger charge is 2.10. The van der Waals surface area contributed by atoms with E-state index in [0.717, 1.165) is 11.3 Å². The summed E-state index contributed by atoms with van der Waals surface area (Å²) < 4.78 is 11.1. The fourth-order valence-electron chi connectivity index (χ4n) is 2.81. The highest BCUT2D eigenvalue weighted by Crippen LogP contribution is 2.32. The number of aromatic nitrogens is 2. The van der Waals surface area contributed by atoms with Crippen molar-refractivity contribution in [3.8, 4) is 22.8 Å². The van der Waals surface area contributed by atoms with Crippen molar-refractivity contribution < 1.29 is 14.6 Å². The Hall–Kier alpha value is -3.12. The summed E-state index contributed by atoms with van der Waals surface area (Å²) in [5, 5.41) is 12.3. The summed E-state index contributed by atoms with van der Waals surface area (Å²) >= 11 is 0. The van der Waals surface area contributed by atoms with E-state index in [2.05, 4.69) is 34.3 Å². The van der Waals surface area contributed by atoms with Crippen molar-refractivity contribution in [1.29, 1.82) is 0 Å². The molecule has 1 aromatic heterocycles. The van der Waals surface area contributed by atoms with Gasteiger partial charge in [-0.15, -0.1) is 0 Å². The maximum absolute atomic E-state index is 8.89. The maximum atomic E-state index is 8.89. The van der Waals surface area contributed by atoms with Crippen molar-refractivity contribution >= 4 is 5.82 Å². The van der Waals surface area contributed by atoms with Crippen LogP contribution in [0.4, 0.5) is 5.82 Å². The monoisotopic (exact) mass is 379 g/mol. The number of methoxy groups -OCH3 is 1. The van der Waals surface area contributed by atoms with Crippen LogP contribution in [0.5, 0.6) is 11.5 Å². The van der Waals surface area contributed by atoms with Crippen LogP contribution in [-0.2, 0) is 0 Å². The number of ether oxygens (including phenoxy) is 2. The molecule has 6 heteroatoms. The first-order valence-electron chi connectivity index (χ1n) is 9.27. The molecule has 2 aromatic carbocycles. The van der Waals surface area contributed by atoms with E-state index in [4.69, 9.17) is 14.6 Å². The second-order valence-electron chi connectivity index (χ2n) is 6.36. The maximum Gasteiger partial charge on any atom is 0.161 e. The molecule has 0 aliphatic rings. The molecule has 0 aliphatic heterocycles. The molecule has 3 rings (SSSR count). The Morgan fingerprint density at radius 1 is 1.07 bits per heavy atom. The van der Waals surface area contributed by atoms with Crippen LogP contribution in [0.1, 0.15) is 24.9 Å². The molecule has 0 saturated carbocycles. The van der Waals surface area contributed by atoms with E-state index in [0.29, 0.717) is 30.3 Å². The minimum absolute atomic E-state index is 0.0944. The number of nitrogens with one attached hydrogen (secondary N) is 1. The quantitative estimate of drug-likeness (QED) is 0.546. The molecule has 0 aliphatic carbocycles. The first-order chi connectivity index (χ1) is 13.7. The zero-order chi connectivity index (χ0) is 19.8. The summed E-state index contributed by atoms with van der Waals surface area (Å²) in [6.07, 6.45) is 4.01. The van der Waals surface area contributed by atoms with Gasteiger partial charge in [-0.1, -0.05) is 30.3 Å². The Morgan fingerprint density at radius 2 is 1.89 bits per heavy atom. The van der Waals surface area contributed by atoms with Gasteiger partial charge in [0.25, 0.3) is 0 Å². The van der Waals surface area contributed by atoms with Crippen molar-refractivity contribution in [2.75, 3.05) is 25.6 Å². The van der Waals surface area contributed by atoms with Gasteiger partial charge in [0.05, 0.1) is 31.8 Å². The van der Waals surface area contributed by atoms with E-state index in [1.807, 2.05) is 36.4 Å². The molecule has 3 aromatic rings. The topological polar surface area (TPSA) is 76.5 Å². The molecule has 1 atom stereocenters. The van der Waals surface area contributed by atoms with E-state index in [1.165, 1.54) is 5.56 Å². The fraction of sp³-hybridized carbons (Fsp3) is 0.273. The molecule has 2 N–H and O–H groups in total. The molecular weight excluding hydrogens is 354 g/mol. The molecule has 146 valence electrons. The molecule has 28 heavy (non-hydrogen) atoms. The Morgan fingerprint density at radius 3 is 2.64 bits per heavy atom. The zero-order valence-electron chi connectivity index (χ0n) is 16.1. The van der Waals surface area contributed by atoms with Gasteiger partial charge in [-0.25, -0.2) is 4.98 Å². The third-order valence-electron chi connectivity index (χ3n) is 4.32. The van der Waals surface area contributed by atoms with Crippen LogP contribution in [0.25, 0.3) is 11.3 Å². The van der Waals surface area contributed by atoms with E-state index in [1.54, 1.807) is 19.5 Å². The molecule has 0 fully saturated rings. The molecule has 0 spiro atoms. The van der Waals surface area contributed by atoms with Crippen LogP contribution in [0.3, 0.4) is 0 Å². The standard InChI is InChI=1S/C22H25N3O3/c1-16(17-7-4-3-5-8-17)24-22-15-23-14-19(25-22)18-9-10-20(21(13-18)27-2)28-12-6-11-26/h3-5,7-10,13-16,26H,6,11-12H2,1-2H3,(H,24,25). The Balaban J connectivity index is 1.77. The van der Waals surface area contributed by atoms with Crippen molar-refractivity contribution in [2.24, 2.45) is 0 Å². The second-order valence-corrected chi connectivity index (χ2v) is 6.36. The van der Waals surface area contributed by atoms with Crippen molar-refractivity contribution in [2.45, 2.75) is 19.4 Å². The van der Waals surface area contributed by atoms with Gasteiger partial charge in [-0.2, -0.15) is 0 Å². The Bertz CT molecular complexity index is 887. The van der Waals surface area contributed by atoms with Crippen LogP contribution in [0, 0.1) is 0 Å².